The van der Waals surface area contributed by atoms with Gasteiger partial charge in [0.15, 0.2) is 0 Å². The van der Waals surface area contributed by atoms with Crippen molar-refractivity contribution in [1.29, 1.82) is 0 Å². The Balaban J connectivity index is 0.000000255. The van der Waals surface area contributed by atoms with Crippen LogP contribution in [0.2, 0.25) is 0 Å². The molecule has 0 N–H and O–H groups in total. The normalized spacial score (nSPS) is 7.55. The number of hydrogen-bond donors (Lipinski definition) is 0. The molecule has 0 heterocycles. The van der Waals surface area contributed by atoms with Gasteiger partial charge in [-0.2, -0.15) is 109 Å². The first kappa shape index (κ1) is 18.1. The Hall–Kier alpha value is -1.89. The fourth-order valence-corrected chi connectivity index (χ4v) is 1.03. The van der Waals surface area contributed by atoms with Crippen LogP contribution in [0.25, 0.3) is 0 Å². The van der Waals surface area contributed by atoms with Crippen LogP contribution in [-0.2, 0) is 16.5 Å². The van der Waals surface area contributed by atoms with Crippen LogP contribution in [0, 0.1) is 18.2 Å². The van der Waals surface area contributed by atoms with Crippen molar-refractivity contribution < 1.29 is 20.0 Å². The molecule has 0 saturated heterocycles. The van der Waals surface area contributed by atoms with Crippen LogP contribution in [0.4, 0.5) is 3.55 Å². The molecule has 0 saturated carbocycles. The monoisotopic (exact) mass is 313 g/mol. The van der Waals surface area contributed by atoms with Gasteiger partial charge in [-0.25, -0.2) is 0 Å². The molecule has 0 amide bonds. The molecular formula is C18H15CuF-3. The molecule has 0 aliphatic rings. The average Bonchev–Trinajstić information content (AvgIpc) is 2.62. The van der Waals surface area contributed by atoms with Crippen LogP contribution in [0.5, 0.6) is 0 Å². The molecule has 3 aromatic rings. The molecule has 0 atom stereocenters. The molecule has 0 aliphatic carbocycles. The van der Waals surface area contributed by atoms with Gasteiger partial charge in [-0.1, -0.05) is 0 Å². The Morgan fingerprint density at radius 1 is 0.400 bits per heavy atom. The Morgan fingerprint density at radius 2 is 0.600 bits per heavy atom. The van der Waals surface area contributed by atoms with E-state index in [1.54, 1.807) is 0 Å². The van der Waals surface area contributed by atoms with Gasteiger partial charge in [0.05, 0.1) is 0 Å². The molecule has 3 rings (SSSR count). The summed E-state index contributed by atoms with van der Waals surface area (Å²) < 4.78 is 9.06. The Kier molecular flexibility index (Phi) is 15.5. The van der Waals surface area contributed by atoms with E-state index in [4.69, 9.17) is 3.55 Å². The zero-order chi connectivity index (χ0) is 14.7. The van der Waals surface area contributed by atoms with Crippen molar-refractivity contribution in [2.45, 2.75) is 0 Å². The molecule has 20 heavy (non-hydrogen) atoms. The first-order chi connectivity index (χ1) is 10.0. The van der Waals surface area contributed by atoms with Crippen molar-refractivity contribution in [3.63, 3.8) is 0 Å². The van der Waals surface area contributed by atoms with Gasteiger partial charge >= 0.3 is 20.0 Å². The SMILES string of the molecule is [F][Cu].[c-]1ccccc1.[c-]1ccccc1.[c-]1ccccc1. The quantitative estimate of drug-likeness (QED) is 0.410. The average molecular weight is 314 g/mol. The maximum atomic E-state index is 9.06. The first-order valence-electron chi connectivity index (χ1n) is 5.85. The maximum absolute atomic E-state index is 9.06. The van der Waals surface area contributed by atoms with Crippen LogP contribution in [0.1, 0.15) is 0 Å². The first-order valence-corrected chi connectivity index (χ1v) is 6.20. The summed E-state index contributed by atoms with van der Waals surface area (Å²) >= 11 is 2.69. The second kappa shape index (κ2) is 17.1. The molecule has 0 radical (unpaired) electrons. The standard InChI is InChI=1S/3C6H5.Cu.FH/c3*1-2-4-6-5-3-1;;/h3*1-5H;;1H/q3*-1;+1;/p-1. The summed E-state index contributed by atoms with van der Waals surface area (Å²) in [7, 11) is 0. The summed E-state index contributed by atoms with van der Waals surface area (Å²) in [6.07, 6.45) is 0. The fourth-order valence-electron chi connectivity index (χ4n) is 1.03. The number of halogens is 1. The largest absolute Gasteiger partial charge is 0.184 e. The van der Waals surface area contributed by atoms with Crippen LogP contribution in [0.3, 0.4) is 0 Å². The number of hydrogen-bond acceptors (Lipinski definition) is 0. The Bertz CT molecular complexity index is 302. The van der Waals surface area contributed by atoms with E-state index in [1.807, 2.05) is 91.0 Å². The molecule has 0 nitrogen and oxygen atoms in total. The molecule has 0 spiro atoms. The van der Waals surface area contributed by atoms with E-state index >= 15 is 0 Å². The summed E-state index contributed by atoms with van der Waals surface area (Å²) in [5.41, 5.74) is 0. The Morgan fingerprint density at radius 3 is 0.650 bits per heavy atom. The van der Waals surface area contributed by atoms with Gasteiger partial charge in [-0.05, 0) is 0 Å². The predicted octanol–water partition coefficient (Wildman–Crippen LogP) is 4.88. The van der Waals surface area contributed by atoms with Crippen molar-refractivity contribution in [3.8, 4) is 0 Å². The summed E-state index contributed by atoms with van der Waals surface area (Å²) in [6, 6.07) is 37.5. The molecule has 0 fully saturated rings. The zero-order valence-corrected chi connectivity index (χ0v) is 11.8. The molecule has 2 heteroatoms. The van der Waals surface area contributed by atoms with Gasteiger partial charge in [-0.3, -0.25) is 0 Å². The van der Waals surface area contributed by atoms with Crippen molar-refractivity contribution in [2.24, 2.45) is 0 Å². The van der Waals surface area contributed by atoms with Crippen molar-refractivity contribution in [2.75, 3.05) is 0 Å². The third-order valence-corrected chi connectivity index (χ3v) is 1.82. The van der Waals surface area contributed by atoms with Crippen LogP contribution < -0.4 is 0 Å². The van der Waals surface area contributed by atoms with Gasteiger partial charge in [0.2, 0.25) is 0 Å². The van der Waals surface area contributed by atoms with Crippen LogP contribution >= 0.6 is 0 Å². The van der Waals surface area contributed by atoms with E-state index in [-0.39, 0.29) is 0 Å². The molecule has 0 aliphatic heterocycles. The minimum atomic E-state index is 1.88. The number of rotatable bonds is 0. The van der Waals surface area contributed by atoms with Gasteiger partial charge in [0, 0.05) is 0 Å². The zero-order valence-electron chi connectivity index (χ0n) is 10.8. The predicted molar refractivity (Wildman–Crippen MR) is 76.9 cm³/mol. The molecular weight excluding hydrogens is 299 g/mol. The van der Waals surface area contributed by atoms with E-state index in [9.17, 15) is 0 Å². The topological polar surface area (TPSA) is 0 Å². The summed E-state index contributed by atoms with van der Waals surface area (Å²) in [5.74, 6) is 0. The smallest absolute Gasteiger partial charge is 0.171 e. The van der Waals surface area contributed by atoms with E-state index < -0.39 is 0 Å². The minimum Gasteiger partial charge on any atom is -0.184 e. The van der Waals surface area contributed by atoms with Crippen molar-refractivity contribution in [1.82, 2.24) is 0 Å². The third-order valence-electron chi connectivity index (χ3n) is 1.82. The number of benzene rings is 3. The molecule has 0 aromatic heterocycles. The second-order valence-electron chi connectivity index (χ2n) is 3.23. The summed E-state index contributed by atoms with van der Waals surface area (Å²) in [5, 5.41) is 0. The van der Waals surface area contributed by atoms with E-state index in [0.717, 1.165) is 0 Å². The van der Waals surface area contributed by atoms with E-state index in [1.165, 1.54) is 0 Å². The van der Waals surface area contributed by atoms with Gasteiger partial charge in [0.1, 0.15) is 0 Å². The molecule has 3 aromatic carbocycles. The van der Waals surface area contributed by atoms with Crippen LogP contribution in [0.15, 0.2) is 91.0 Å². The molecule has 0 unspecified atom stereocenters. The van der Waals surface area contributed by atoms with E-state index in [0.29, 0.717) is 0 Å². The molecule has 108 valence electrons. The summed E-state index contributed by atoms with van der Waals surface area (Å²) in [4.78, 5) is 0. The van der Waals surface area contributed by atoms with E-state index in [2.05, 4.69) is 34.7 Å². The Labute approximate surface area is 129 Å². The minimum absolute atomic E-state index is 1.88. The second-order valence-corrected chi connectivity index (χ2v) is 3.23. The van der Waals surface area contributed by atoms with Gasteiger partial charge < -0.3 is 0 Å². The molecule has 0 bridgehead atoms. The van der Waals surface area contributed by atoms with Crippen molar-refractivity contribution in [3.05, 3.63) is 109 Å². The van der Waals surface area contributed by atoms with Gasteiger partial charge in [-0.15, -0.1) is 0 Å². The van der Waals surface area contributed by atoms with Gasteiger partial charge in [0.25, 0.3) is 0 Å². The fraction of sp³-hybridized carbons (Fsp3) is 0. The van der Waals surface area contributed by atoms with Crippen molar-refractivity contribution >= 4 is 0 Å². The maximum Gasteiger partial charge on any atom is -0.171 e. The third kappa shape index (κ3) is 14.2. The summed E-state index contributed by atoms with van der Waals surface area (Å²) in [6.45, 7) is 0. The van der Waals surface area contributed by atoms with Crippen LogP contribution in [-0.4, -0.2) is 0 Å².